The lowest BCUT2D eigenvalue weighted by Gasteiger charge is -2.02. The Kier molecular flexibility index (Phi) is 4.75. The van der Waals surface area contributed by atoms with E-state index in [1.807, 2.05) is 0 Å². The van der Waals surface area contributed by atoms with Crippen LogP contribution in [0.3, 0.4) is 0 Å². The number of benzene rings is 1. The van der Waals surface area contributed by atoms with Crippen molar-refractivity contribution in [1.29, 1.82) is 0 Å². The third-order valence-corrected chi connectivity index (χ3v) is 4.65. The highest BCUT2D eigenvalue weighted by molar-refractivity contribution is 7.09. The molecular formula is C16H17IN2S. The molecule has 1 aromatic carbocycles. The summed E-state index contributed by atoms with van der Waals surface area (Å²) in [6.07, 6.45) is 0.902. The van der Waals surface area contributed by atoms with Crippen molar-refractivity contribution < 1.29 is 28.5 Å². The summed E-state index contributed by atoms with van der Waals surface area (Å²) < 4.78 is 2.24. The second-order valence-corrected chi connectivity index (χ2v) is 5.95. The summed E-state index contributed by atoms with van der Waals surface area (Å²) in [5, 5.41) is 4.76. The Morgan fingerprint density at radius 1 is 1.15 bits per heavy atom. The van der Waals surface area contributed by atoms with E-state index >= 15 is 0 Å². The molecule has 0 bridgehead atoms. The van der Waals surface area contributed by atoms with Gasteiger partial charge >= 0.3 is 0 Å². The Morgan fingerprint density at radius 2 is 1.95 bits per heavy atom. The van der Waals surface area contributed by atoms with Crippen LogP contribution in [0.4, 0.5) is 0 Å². The van der Waals surface area contributed by atoms with Crippen LogP contribution < -0.4 is 28.5 Å². The number of aromatic nitrogens is 2. The second kappa shape index (κ2) is 6.18. The van der Waals surface area contributed by atoms with Gasteiger partial charge in [0.2, 0.25) is 5.01 Å². The molecule has 0 aliphatic carbocycles. The molecule has 104 valence electrons. The van der Waals surface area contributed by atoms with Crippen molar-refractivity contribution in [1.82, 2.24) is 4.98 Å². The van der Waals surface area contributed by atoms with Gasteiger partial charge in [0.25, 0.3) is 0 Å². The number of aryl methyl sites for hydroxylation is 2. The number of fused-ring (bicyclic) bond motifs is 1. The standard InChI is InChI=1S/C16H17N2S.HI/c1-11-4-7-15-13(8-11)5-6-14(17-15)9-16-18(3)12(2)10-19-16;/h4-8,10H,9H2,1-3H3;1H/q+1;/p-1. The molecule has 3 rings (SSSR count). The summed E-state index contributed by atoms with van der Waals surface area (Å²) in [6.45, 7) is 4.25. The SMILES string of the molecule is Cc1ccc2nc(Cc3scc(C)[n+]3C)ccc2c1.[I-]. The molecule has 2 aromatic heterocycles. The van der Waals surface area contributed by atoms with E-state index in [4.69, 9.17) is 4.98 Å². The summed E-state index contributed by atoms with van der Waals surface area (Å²) >= 11 is 1.80. The fourth-order valence-electron chi connectivity index (χ4n) is 2.21. The van der Waals surface area contributed by atoms with Crippen LogP contribution in [0.25, 0.3) is 10.9 Å². The Bertz CT molecular complexity index is 749. The minimum atomic E-state index is 0. The summed E-state index contributed by atoms with van der Waals surface area (Å²) in [5.41, 5.74) is 4.80. The monoisotopic (exact) mass is 396 g/mol. The predicted molar refractivity (Wildman–Crippen MR) is 79.5 cm³/mol. The molecule has 3 aromatic rings. The van der Waals surface area contributed by atoms with Crippen LogP contribution in [0.15, 0.2) is 35.7 Å². The average Bonchev–Trinajstić information content (AvgIpc) is 2.71. The predicted octanol–water partition coefficient (Wildman–Crippen LogP) is 0.332. The zero-order chi connectivity index (χ0) is 13.4. The number of hydrogen-bond acceptors (Lipinski definition) is 2. The fraction of sp³-hybridized carbons (Fsp3) is 0.250. The zero-order valence-corrected chi connectivity index (χ0v) is 14.8. The maximum absolute atomic E-state index is 4.76. The maximum Gasteiger partial charge on any atom is 0.243 e. The average molecular weight is 396 g/mol. The van der Waals surface area contributed by atoms with Gasteiger partial charge in [-0.3, -0.25) is 4.98 Å². The second-order valence-electron chi connectivity index (χ2n) is 5.01. The first kappa shape index (κ1) is 15.4. The van der Waals surface area contributed by atoms with Crippen molar-refractivity contribution in [2.75, 3.05) is 0 Å². The molecule has 0 aliphatic rings. The molecule has 0 saturated heterocycles. The number of hydrogen-bond donors (Lipinski definition) is 0. The van der Waals surface area contributed by atoms with Crippen molar-refractivity contribution in [3.05, 3.63) is 57.7 Å². The molecule has 0 amide bonds. The molecule has 4 heteroatoms. The van der Waals surface area contributed by atoms with Gasteiger partial charge in [-0.25, -0.2) is 0 Å². The first-order valence-corrected chi connectivity index (χ1v) is 7.31. The normalized spacial score (nSPS) is 10.6. The molecule has 0 saturated carbocycles. The first-order chi connectivity index (χ1) is 9.13. The quantitative estimate of drug-likeness (QED) is 0.451. The van der Waals surface area contributed by atoms with Crippen LogP contribution in [0.5, 0.6) is 0 Å². The lowest BCUT2D eigenvalue weighted by atomic mass is 10.1. The van der Waals surface area contributed by atoms with Crippen LogP contribution in [0, 0.1) is 13.8 Å². The molecule has 0 N–H and O–H groups in total. The molecule has 0 fully saturated rings. The van der Waals surface area contributed by atoms with E-state index in [1.54, 1.807) is 11.3 Å². The van der Waals surface area contributed by atoms with E-state index in [0.29, 0.717) is 0 Å². The van der Waals surface area contributed by atoms with Gasteiger partial charge in [0.15, 0.2) is 5.69 Å². The molecule has 0 unspecified atom stereocenters. The lowest BCUT2D eigenvalue weighted by Crippen LogP contribution is -3.00. The molecule has 2 nitrogen and oxygen atoms in total. The third kappa shape index (κ3) is 3.01. The number of nitrogens with zero attached hydrogens (tertiary/aromatic N) is 2. The minimum Gasteiger partial charge on any atom is -1.00 e. The van der Waals surface area contributed by atoms with E-state index in [2.05, 4.69) is 61.2 Å². The van der Waals surface area contributed by atoms with Crippen LogP contribution in [-0.4, -0.2) is 4.98 Å². The third-order valence-electron chi connectivity index (χ3n) is 3.50. The molecule has 0 spiro atoms. The van der Waals surface area contributed by atoms with E-state index in [-0.39, 0.29) is 24.0 Å². The highest BCUT2D eigenvalue weighted by Gasteiger charge is 2.14. The van der Waals surface area contributed by atoms with Crippen LogP contribution in [0.1, 0.15) is 22.0 Å². The largest absolute Gasteiger partial charge is 1.00 e. The fourth-order valence-corrected chi connectivity index (χ4v) is 3.21. The topological polar surface area (TPSA) is 16.8 Å². The van der Waals surface area contributed by atoms with Gasteiger partial charge < -0.3 is 24.0 Å². The van der Waals surface area contributed by atoms with Crippen molar-refractivity contribution in [2.24, 2.45) is 7.05 Å². The lowest BCUT2D eigenvalue weighted by molar-refractivity contribution is -0.679. The van der Waals surface area contributed by atoms with Crippen LogP contribution >= 0.6 is 11.3 Å². The summed E-state index contributed by atoms with van der Waals surface area (Å²) in [7, 11) is 2.12. The summed E-state index contributed by atoms with van der Waals surface area (Å²) in [5.74, 6) is 0. The van der Waals surface area contributed by atoms with Crippen LogP contribution in [0.2, 0.25) is 0 Å². The van der Waals surface area contributed by atoms with Gasteiger partial charge in [0.05, 0.1) is 23.0 Å². The summed E-state index contributed by atoms with van der Waals surface area (Å²) in [6, 6.07) is 10.7. The molecule has 0 aliphatic heterocycles. The van der Waals surface area contributed by atoms with Crippen molar-refractivity contribution >= 4 is 22.2 Å². The van der Waals surface area contributed by atoms with E-state index in [1.165, 1.54) is 21.7 Å². The van der Waals surface area contributed by atoms with Gasteiger partial charge in [-0.15, -0.1) is 0 Å². The minimum absolute atomic E-state index is 0. The molecule has 20 heavy (non-hydrogen) atoms. The highest BCUT2D eigenvalue weighted by atomic mass is 127. The Labute approximate surface area is 140 Å². The van der Waals surface area contributed by atoms with Gasteiger partial charge in [-0.05, 0) is 25.1 Å². The molecule has 0 atom stereocenters. The highest BCUT2D eigenvalue weighted by Crippen LogP contribution is 2.17. The Hall–Kier alpha value is -1.01. The van der Waals surface area contributed by atoms with Gasteiger partial charge in [-0.1, -0.05) is 29.0 Å². The van der Waals surface area contributed by atoms with E-state index < -0.39 is 0 Å². The van der Waals surface area contributed by atoms with E-state index in [0.717, 1.165) is 17.6 Å². The Morgan fingerprint density at radius 3 is 2.65 bits per heavy atom. The molecule has 2 heterocycles. The number of rotatable bonds is 2. The van der Waals surface area contributed by atoms with Gasteiger partial charge in [0.1, 0.15) is 7.05 Å². The number of thiazole rings is 1. The van der Waals surface area contributed by atoms with Crippen molar-refractivity contribution in [3.63, 3.8) is 0 Å². The zero-order valence-electron chi connectivity index (χ0n) is 11.9. The maximum atomic E-state index is 4.76. The number of halogens is 1. The summed E-state index contributed by atoms with van der Waals surface area (Å²) in [4.78, 5) is 4.76. The van der Waals surface area contributed by atoms with E-state index in [9.17, 15) is 0 Å². The number of pyridine rings is 1. The van der Waals surface area contributed by atoms with Gasteiger partial charge in [0, 0.05) is 12.3 Å². The Balaban J connectivity index is 0.00000147. The van der Waals surface area contributed by atoms with Crippen LogP contribution in [-0.2, 0) is 13.5 Å². The molecular weight excluding hydrogens is 379 g/mol. The molecule has 0 radical (unpaired) electrons. The van der Waals surface area contributed by atoms with Crippen molar-refractivity contribution in [3.8, 4) is 0 Å². The van der Waals surface area contributed by atoms with Gasteiger partial charge in [-0.2, -0.15) is 4.57 Å². The smallest absolute Gasteiger partial charge is 0.243 e. The van der Waals surface area contributed by atoms with Crippen molar-refractivity contribution in [2.45, 2.75) is 20.3 Å². The first-order valence-electron chi connectivity index (χ1n) is 6.43.